The van der Waals surface area contributed by atoms with Gasteiger partial charge in [0.25, 0.3) is 17.7 Å². The van der Waals surface area contributed by atoms with Gasteiger partial charge in [-0.15, -0.1) is 0 Å². The third kappa shape index (κ3) is 4.16. The fraction of sp³-hybridized carbons (Fsp3) is 0.0357. The van der Waals surface area contributed by atoms with E-state index in [0.29, 0.717) is 16.9 Å². The minimum absolute atomic E-state index is 0.00660. The standard InChI is InChI=1S/C28H20ClN3O3/c1-17-7-2-5-12-23(17)32-27(34)24(29)25(28(32)35)30-20-15-13-19(14-16-20)26(33)31-22-11-6-9-18-8-3-4-10-21(18)22/h2-16,30H,1H3,(H,31,33). The molecule has 0 radical (unpaired) electrons. The van der Waals surface area contributed by atoms with Crippen LogP contribution in [-0.2, 0) is 9.59 Å². The molecule has 0 unspecified atom stereocenters. The van der Waals surface area contributed by atoms with Crippen molar-refractivity contribution in [3.63, 3.8) is 0 Å². The average Bonchev–Trinajstić information content (AvgIpc) is 3.08. The van der Waals surface area contributed by atoms with Gasteiger partial charge in [0, 0.05) is 22.3 Å². The maximum absolute atomic E-state index is 13.0. The number of hydrogen-bond donors (Lipinski definition) is 2. The van der Waals surface area contributed by atoms with Crippen LogP contribution in [0, 0.1) is 6.92 Å². The Morgan fingerprint density at radius 1 is 0.800 bits per heavy atom. The van der Waals surface area contributed by atoms with Crippen molar-refractivity contribution in [2.75, 3.05) is 15.5 Å². The van der Waals surface area contributed by atoms with E-state index in [4.69, 9.17) is 11.6 Å². The van der Waals surface area contributed by atoms with Crippen molar-refractivity contribution < 1.29 is 14.4 Å². The molecule has 5 rings (SSSR count). The van der Waals surface area contributed by atoms with Crippen LogP contribution in [0.1, 0.15) is 15.9 Å². The summed E-state index contributed by atoms with van der Waals surface area (Å²) in [6.07, 6.45) is 0. The largest absolute Gasteiger partial charge is 0.350 e. The molecule has 0 atom stereocenters. The second kappa shape index (κ2) is 9.08. The number of anilines is 3. The number of hydrogen-bond acceptors (Lipinski definition) is 4. The topological polar surface area (TPSA) is 78.5 Å². The lowest BCUT2D eigenvalue weighted by Crippen LogP contribution is -2.32. The van der Waals surface area contributed by atoms with Crippen LogP contribution < -0.4 is 15.5 Å². The molecule has 0 spiro atoms. The van der Waals surface area contributed by atoms with Crippen LogP contribution in [0.2, 0.25) is 0 Å². The summed E-state index contributed by atoms with van der Waals surface area (Å²) >= 11 is 6.23. The van der Waals surface area contributed by atoms with Crippen molar-refractivity contribution in [1.82, 2.24) is 0 Å². The summed E-state index contributed by atoms with van der Waals surface area (Å²) in [5.74, 6) is -1.38. The summed E-state index contributed by atoms with van der Waals surface area (Å²) in [6.45, 7) is 1.82. The predicted molar refractivity (Wildman–Crippen MR) is 139 cm³/mol. The highest BCUT2D eigenvalue weighted by molar-refractivity contribution is 6.53. The van der Waals surface area contributed by atoms with Crippen LogP contribution in [0.4, 0.5) is 17.1 Å². The van der Waals surface area contributed by atoms with E-state index in [1.165, 1.54) is 0 Å². The first-order valence-corrected chi connectivity index (χ1v) is 11.3. The van der Waals surface area contributed by atoms with E-state index in [9.17, 15) is 14.4 Å². The van der Waals surface area contributed by atoms with Gasteiger partial charge in [-0.05, 0) is 54.3 Å². The minimum Gasteiger partial charge on any atom is -0.350 e. The Labute approximate surface area is 206 Å². The van der Waals surface area contributed by atoms with E-state index in [1.54, 1.807) is 36.4 Å². The first-order valence-electron chi connectivity index (χ1n) is 10.9. The van der Waals surface area contributed by atoms with E-state index < -0.39 is 11.8 Å². The summed E-state index contributed by atoms with van der Waals surface area (Å²) < 4.78 is 0. The van der Waals surface area contributed by atoms with Crippen LogP contribution in [0.25, 0.3) is 10.8 Å². The molecule has 7 heteroatoms. The van der Waals surface area contributed by atoms with Crippen LogP contribution in [-0.4, -0.2) is 17.7 Å². The van der Waals surface area contributed by atoms with E-state index in [-0.39, 0.29) is 16.6 Å². The summed E-state index contributed by atoms with van der Waals surface area (Å²) in [4.78, 5) is 39.6. The molecule has 1 heterocycles. The highest BCUT2D eigenvalue weighted by Gasteiger charge is 2.39. The third-order valence-electron chi connectivity index (χ3n) is 5.84. The first kappa shape index (κ1) is 22.4. The molecule has 0 aliphatic carbocycles. The fourth-order valence-electron chi connectivity index (χ4n) is 4.02. The van der Waals surface area contributed by atoms with Gasteiger partial charge in [0.2, 0.25) is 0 Å². The van der Waals surface area contributed by atoms with Gasteiger partial charge in [-0.1, -0.05) is 66.2 Å². The number of nitrogens with one attached hydrogen (secondary N) is 2. The van der Waals surface area contributed by atoms with Gasteiger partial charge >= 0.3 is 0 Å². The zero-order chi connectivity index (χ0) is 24.5. The molecule has 35 heavy (non-hydrogen) atoms. The number of fused-ring (bicyclic) bond motifs is 1. The van der Waals surface area contributed by atoms with Gasteiger partial charge in [-0.2, -0.15) is 0 Å². The van der Waals surface area contributed by atoms with Crippen molar-refractivity contribution in [1.29, 1.82) is 0 Å². The Bertz CT molecular complexity index is 1520. The van der Waals surface area contributed by atoms with E-state index in [1.807, 2.05) is 61.5 Å². The molecular formula is C28H20ClN3O3. The van der Waals surface area contributed by atoms with Gasteiger partial charge < -0.3 is 10.6 Å². The van der Waals surface area contributed by atoms with Crippen LogP contribution in [0.3, 0.4) is 0 Å². The van der Waals surface area contributed by atoms with Crippen LogP contribution >= 0.6 is 11.6 Å². The fourth-order valence-corrected chi connectivity index (χ4v) is 4.24. The number of amides is 3. The molecule has 0 saturated carbocycles. The number of aryl methyl sites for hydroxylation is 1. The van der Waals surface area contributed by atoms with E-state index in [2.05, 4.69) is 10.6 Å². The number of rotatable bonds is 5. The number of halogens is 1. The molecule has 2 N–H and O–H groups in total. The Hall–Kier alpha value is -4.42. The van der Waals surface area contributed by atoms with Gasteiger partial charge in [-0.25, -0.2) is 4.90 Å². The third-order valence-corrected chi connectivity index (χ3v) is 6.19. The van der Waals surface area contributed by atoms with Crippen molar-refractivity contribution >= 4 is 57.2 Å². The van der Waals surface area contributed by atoms with Gasteiger partial charge in [0.05, 0.1) is 5.69 Å². The van der Waals surface area contributed by atoms with Crippen molar-refractivity contribution in [3.8, 4) is 0 Å². The lowest BCUT2D eigenvalue weighted by atomic mass is 10.1. The van der Waals surface area contributed by atoms with Gasteiger partial charge in [0.15, 0.2) is 0 Å². The second-order valence-corrected chi connectivity index (χ2v) is 8.48. The Morgan fingerprint density at radius 2 is 1.49 bits per heavy atom. The van der Waals surface area contributed by atoms with E-state index >= 15 is 0 Å². The summed E-state index contributed by atoms with van der Waals surface area (Å²) in [6, 6.07) is 27.2. The number of imide groups is 1. The normalized spacial score (nSPS) is 13.5. The average molecular weight is 482 g/mol. The molecular weight excluding hydrogens is 462 g/mol. The molecule has 6 nitrogen and oxygen atoms in total. The number of carbonyl (C=O) groups is 3. The van der Waals surface area contributed by atoms with Gasteiger partial charge in [-0.3, -0.25) is 14.4 Å². The van der Waals surface area contributed by atoms with Gasteiger partial charge in [0.1, 0.15) is 10.7 Å². The van der Waals surface area contributed by atoms with Crippen molar-refractivity contribution in [2.45, 2.75) is 6.92 Å². The Morgan fingerprint density at radius 3 is 2.26 bits per heavy atom. The predicted octanol–water partition coefficient (Wildman–Crippen LogP) is 5.84. The number of nitrogens with zero attached hydrogens (tertiary/aromatic N) is 1. The molecule has 0 bridgehead atoms. The molecule has 4 aromatic rings. The van der Waals surface area contributed by atoms with Crippen molar-refractivity contribution in [3.05, 3.63) is 113 Å². The SMILES string of the molecule is Cc1ccccc1N1C(=O)C(Cl)=C(Nc2ccc(C(=O)Nc3cccc4ccccc34)cc2)C1=O. The Balaban J connectivity index is 1.33. The summed E-state index contributed by atoms with van der Waals surface area (Å²) in [7, 11) is 0. The minimum atomic E-state index is -0.584. The molecule has 1 aliphatic heterocycles. The molecule has 0 fully saturated rings. The van der Waals surface area contributed by atoms with Crippen LogP contribution in [0.15, 0.2) is 102 Å². The lowest BCUT2D eigenvalue weighted by molar-refractivity contribution is -0.120. The second-order valence-electron chi connectivity index (χ2n) is 8.10. The maximum Gasteiger partial charge on any atom is 0.283 e. The molecule has 0 saturated heterocycles. The first-order chi connectivity index (χ1) is 16.9. The smallest absolute Gasteiger partial charge is 0.283 e. The number of carbonyl (C=O) groups excluding carboxylic acids is 3. The quantitative estimate of drug-likeness (QED) is 0.351. The zero-order valence-electron chi connectivity index (χ0n) is 18.7. The summed E-state index contributed by atoms with van der Waals surface area (Å²) in [5, 5.41) is 7.68. The highest BCUT2D eigenvalue weighted by atomic mass is 35.5. The van der Waals surface area contributed by atoms with Crippen molar-refractivity contribution in [2.24, 2.45) is 0 Å². The van der Waals surface area contributed by atoms with Crippen LogP contribution in [0.5, 0.6) is 0 Å². The molecule has 0 aromatic heterocycles. The molecule has 172 valence electrons. The van der Waals surface area contributed by atoms with E-state index in [0.717, 1.165) is 26.9 Å². The lowest BCUT2D eigenvalue weighted by Gasteiger charge is -2.17. The Kier molecular flexibility index (Phi) is 5.81. The summed E-state index contributed by atoms with van der Waals surface area (Å²) in [5.41, 5.74) is 2.94. The number of benzene rings is 4. The molecule has 4 aromatic carbocycles. The maximum atomic E-state index is 13.0. The number of para-hydroxylation sites is 1. The molecule has 1 aliphatic rings. The highest BCUT2D eigenvalue weighted by Crippen LogP contribution is 2.32. The zero-order valence-corrected chi connectivity index (χ0v) is 19.5. The monoisotopic (exact) mass is 481 g/mol. The molecule has 3 amide bonds.